The number of thiazole rings is 1. The molecule has 110 valence electrons. The zero-order valence-corrected chi connectivity index (χ0v) is 12.3. The Balaban J connectivity index is 1.60. The second-order valence-corrected chi connectivity index (χ2v) is 6.28. The van der Waals surface area contributed by atoms with E-state index in [1.54, 1.807) is 17.5 Å². The van der Waals surface area contributed by atoms with E-state index in [1.807, 2.05) is 29.6 Å². The van der Waals surface area contributed by atoms with Gasteiger partial charge in [-0.25, -0.2) is 9.78 Å². The quantitative estimate of drug-likeness (QED) is 0.795. The summed E-state index contributed by atoms with van der Waals surface area (Å²) < 4.78 is 0. The summed E-state index contributed by atoms with van der Waals surface area (Å²) in [6.07, 6.45) is 3.71. The maximum absolute atomic E-state index is 11.9. The van der Waals surface area contributed by atoms with Gasteiger partial charge in [-0.3, -0.25) is 0 Å². The van der Waals surface area contributed by atoms with Crippen LogP contribution in [0.2, 0.25) is 0 Å². The molecule has 0 saturated heterocycles. The Hall–Kier alpha value is -1.92. The lowest BCUT2D eigenvalue weighted by atomic mass is 10.1. The zero-order chi connectivity index (χ0) is 14.7. The molecule has 1 heterocycles. The van der Waals surface area contributed by atoms with Gasteiger partial charge in [-0.1, -0.05) is 12.1 Å². The van der Waals surface area contributed by atoms with Crippen molar-refractivity contribution in [2.75, 3.05) is 18.5 Å². The van der Waals surface area contributed by atoms with E-state index >= 15 is 0 Å². The molecular weight excluding hydrogens is 286 g/mol. The van der Waals surface area contributed by atoms with Crippen LogP contribution in [0.25, 0.3) is 10.6 Å². The Labute approximate surface area is 127 Å². The molecule has 0 atom stereocenters. The van der Waals surface area contributed by atoms with E-state index in [2.05, 4.69) is 15.6 Å². The maximum atomic E-state index is 11.9. The van der Waals surface area contributed by atoms with Crippen LogP contribution in [0.5, 0.6) is 0 Å². The summed E-state index contributed by atoms with van der Waals surface area (Å²) in [6, 6.07) is 7.36. The largest absolute Gasteiger partial charge is 0.396 e. The Morgan fingerprint density at radius 3 is 2.95 bits per heavy atom. The van der Waals surface area contributed by atoms with Gasteiger partial charge in [0.1, 0.15) is 5.01 Å². The van der Waals surface area contributed by atoms with Crippen LogP contribution in [0.4, 0.5) is 10.5 Å². The first kappa shape index (κ1) is 14.0. The van der Waals surface area contributed by atoms with Crippen molar-refractivity contribution in [1.82, 2.24) is 10.3 Å². The lowest BCUT2D eigenvalue weighted by Crippen LogP contribution is -2.35. The van der Waals surface area contributed by atoms with Gasteiger partial charge >= 0.3 is 6.03 Å². The fourth-order valence-electron chi connectivity index (χ4n) is 2.11. The zero-order valence-electron chi connectivity index (χ0n) is 11.5. The van der Waals surface area contributed by atoms with Gasteiger partial charge in [-0.2, -0.15) is 0 Å². The van der Waals surface area contributed by atoms with Gasteiger partial charge in [-0.05, 0) is 25.0 Å². The van der Waals surface area contributed by atoms with Crippen molar-refractivity contribution in [2.24, 2.45) is 5.41 Å². The van der Waals surface area contributed by atoms with Crippen LogP contribution < -0.4 is 10.6 Å². The lowest BCUT2D eigenvalue weighted by molar-refractivity contribution is 0.206. The number of urea groups is 1. The van der Waals surface area contributed by atoms with Gasteiger partial charge in [0.15, 0.2) is 0 Å². The molecule has 2 aromatic rings. The number of carbonyl (C=O) groups is 1. The Kier molecular flexibility index (Phi) is 3.90. The molecule has 0 unspecified atom stereocenters. The molecule has 3 rings (SSSR count). The molecule has 1 aromatic heterocycles. The third-order valence-electron chi connectivity index (χ3n) is 3.72. The smallest absolute Gasteiger partial charge is 0.319 e. The average molecular weight is 303 g/mol. The van der Waals surface area contributed by atoms with Crippen molar-refractivity contribution < 1.29 is 9.90 Å². The van der Waals surface area contributed by atoms with Gasteiger partial charge in [0.25, 0.3) is 0 Å². The molecule has 6 heteroatoms. The minimum absolute atomic E-state index is 0.0833. The third-order valence-corrected chi connectivity index (χ3v) is 4.54. The van der Waals surface area contributed by atoms with Gasteiger partial charge in [0.05, 0.1) is 6.61 Å². The highest BCUT2D eigenvalue weighted by atomic mass is 32.1. The van der Waals surface area contributed by atoms with Crippen LogP contribution in [0, 0.1) is 5.41 Å². The van der Waals surface area contributed by atoms with Crippen LogP contribution in [0.15, 0.2) is 35.8 Å². The van der Waals surface area contributed by atoms with Gasteiger partial charge in [0, 0.05) is 34.8 Å². The van der Waals surface area contributed by atoms with Crippen LogP contribution in [0.1, 0.15) is 12.8 Å². The number of hydrogen-bond donors (Lipinski definition) is 3. The van der Waals surface area contributed by atoms with Gasteiger partial charge < -0.3 is 15.7 Å². The van der Waals surface area contributed by atoms with Crippen molar-refractivity contribution in [3.05, 3.63) is 35.8 Å². The third kappa shape index (κ3) is 3.40. The molecule has 1 saturated carbocycles. The fraction of sp³-hybridized carbons (Fsp3) is 0.333. The molecule has 0 radical (unpaired) electrons. The molecule has 3 N–H and O–H groups in total. The SMILES string of the molecule is O=C(NCC1(CO)CC1)Nc1cccc(-c2nccs2)c1. The van der Waals surface area contributed by atoms with Crippen molar-refractivity contribution in [3.8, 4) is 10.6 Å². The number of amides is 2. The summed E-state index contributed by atoms with van der Waals surface area (Å²) in [7, 11) is 0. The number of aliphatic hydroxyl groups is 1. The number of benzene rings is 1. The molecule has 1 aliphatic carbocycles. The Bertz CT molecular complexity index is 624. The highest BCUT2D eigenvalue weighted by Gasteiger charge is 2.42. The number of carbonyl (C=O) groups excluding carboxylic acids is 1. The normalized spacial score (nSPS) is 15.5. The number of anilines is 1. The molecule has 21 heavy (non-hydrogen) atoms. The van der Waals surface area contributed by atoms with E-state index in [4.69, 9.17) is 0 Å². The first-order chi connectivity index (χ1) is 10.2. The average Bonchev–Trinajstić information content (AvgIpc) is 3.07. The van der Waals surface area contributed by atoms with Crippen molar-refractivity contribution in [3.63, 3.8) is 0 Å². The molecule has 5 nitrogen and oxygen atoms in total. The van der Waals surface area contributed by atoms with Crippen molar-refractivity contribution >= 4 is 23.1 Å². The van der Waals surface area contributed by atoms with E-state index in [0.717, 1.165) is 29.1 Å². The van der Waals surface area contributed by atoms with E-state index in [0.29, 0.717) is 6.54 Å². The summed E-state index contributed by atoms with van der Waals surface area (Å²) in [5, 5.41) is 17.7. The number of rotatable bonds is 5. The number of hydrogen-bond acceptors (Lipinski definition) is 4. The topological polar surface area (TPSA) is 74.2 Å². The summed E-state index contributed by atoms with van der Waals surface area (Å²) in [4.78, 5) is 16.1. The molecule has 1 aromatic carbocycles. The summed E-state index contributed by atoms with van der Waals surface area (Å²) in [6.45, 7) is 0.647. The van der Waals surface area contributed by atoms with Crippen LogP contribution >= 0.6 is 11.3 Å². The van der Waals surface area contributed by atoms with E-state index in [1.165, 1.54) is 0 Å². The molecule has 1 aliphatic rings. The van der Waals surface area contributed by atoms with E-state index in [9.17, 15) is 9.90 Å². The van der Waals surface area contributed by atoms with Crippen molar-refractivity contribution in [2.45, 2.75) is 12.8 Å². The fourth-order valence-corrected chi connectivity index (χ4v) is 2.74. The molecule has 2 amide bonds. The minimum atomic E-state index is -0.244. The van der Waals surface area contributed by atoms with Crippen molar-refractivity contribution in [1.29, 1.82) is 0 Å². The lowest BCUT2D eigenvalue weighted by Gasteiger charge is -2.13. The number of aliphatic hydroxyl groups excluding tert-OH is 1. The molecular formula is C15H17N3O2S. The van der Waals surface area contributed by atoms with Gasteiger partial charge in [-0.15, -0.1) is 11.3 Å². The molecule has 0 bridgehead atoms. The van der Waals surface area contributed by atoms with E-state index < -0.39 is 0 Å². The summed E-state index contributed by atoms with van der Waals surface area (Å²) >= 11 is 1.56. The number of aromatic nitrogens is 1. The van der Waals surface area contributed by atoms with Crippen LogP contribution in [-0.2, 0) is 0 Å². The summed E-state index contributed by atoms with van der Waals surface area (Å²) in [5.74, 6) is 0. The second-order valence-electron chi connectivity index (χ2n) is 5.38. The maximum Gasteiger partial charge on any atom is 0.319 e. The molecule has 0 spiro atoms. The highest BCUT2D eigenvalue weighted by Crippen LogP contribution is 2.44. The van der Waals surface area contributed by atoms with Crippen LogP contribution in [-0.4, -0.2) is 29.3 Å². The minimum Gasteiger partial charge on any atom is -0.396 e. The number of nitrogens with zero attached hydrogens (tertiary/aromatic N) is 1. The Morgan fingerprint density at radius 1 is 1.43 bits per heavy atom. The highest BCUT2D eigenvalue weighted by molar-refractivity contribution is 7.13. The standard InChI is InChI=1S/C15H17N3O2S/c19-10-15(4-5-15)9-17-14(20)18-12-3-1-2-11(8-12)13-16-6-7-21-13/h1-3,6-8,19H,4-5,9-10H2,(H2,17,18,20). The molecule has 0 aliphatic heterocycles. The van der Waals surface area contributed by atoms with E-state index in [-0.39, 0.29) is 18.1 Å². The first-order valence-corrected chi connectivity index (χ1v) is 7.74. The first-order valence-electron chi connectivity index (χ1n) is 6.86. The predicted octanol–water partition coefficient (Wildman–Crippen LogP) is 2.70. The number of nitrogens with one attached hydrogen (secondary N) is 2. The summed E-state index contributed by atoms with van der Waals surface area (Å²) in [5.41, 5.74) is 1.63. The predicted molar refractivity (Wildman–Crippen MR) is 83.3 cm³/mol. The second kappa shape index (κ2) is 5.83. The van der Waals surface area contributed by atoms with Crippen LogP contribution in [0.3, 0.4) is 0 Å². The van der Waals surface area contributed by atoms with Gasteiger partial charge in [0.2, 0.25) is 0 Å². The molecule has 1 fully saturated rings. The monoisotopic (exact) mass is 303 g/mol. The Morgan fingerprint density at radius 2 is 2.29 bits per heavy atom.